The number of hydrogen-bond donors (Lipinski definition) is 2. The Labute approximate surface area is 167 Å². The first-order chi connectivity index (χ1) is 12.9. The van der Waals surface area contributed by atoms with Gasteiger partial charge in [0.15, 0.2) is 0 Å². The minimum absolute atomic E-state index is 0.0568. The maximum atomic E-state index is 12.5. The van der Waals surface area contributed by atoms with Crippen LogP contribution in [0.4, 0.5) is 5.69 Å². The van der Waals surface area contributed by atoms with Crippen molar-refractivity contribution in [3.63, 3.8) is 0 Å². The van der Waals surface area contributed by atoms with Crippen molar-refractivity contribution < 1.29 is 14.4 Å². The van der Waals surface area contributed by atoms with Gasteiger partial charge in [-0.3, -0.25) is 14.4 Å². The van der Waals surface area contributed by atoms with E-state index in [9.17, 15) is 14.4 Å². The van der Waals surface area contributed by atoms with E-state index in [4.69, 9.17) is 0 Å². The zero-order chi connectivity index (χ0) is 19.8. The third kappa shape index (κ3) is 6.41. The summed E-state index contributed by atoms with van der Waals surface area (Å²) in [5, 5.41) is 7.53. The molecule has 0 unspecified atom stereocenters. The summed E-state index contributed by atoms with van der Waals surface area (Å²) in [6, 6.07) is 10.9. The molecule has 144 valence electrons. The number of nitrogens with zero attached hydrogens (tertiary/aromatic N) is 1. The van der Waals surface area contributed by atoms with Crippen LogP contribution in [0, 0.1) is 0 Å². The Hall–Kier alpha value is -2.32. The summed E-state index contributed by atoms with van der Waals surface area (Å²) in [7, 11) is 1.58. The second kappa shape index (κ2) is 10.1. The fourth-order valence-corrected chi connectivity index (χ4v) is 3.86. The fraction of sp³-hybridized carbons (Fsp3) is 0.316. The third-order valence-corrected chi connectivity index (χ3v) is 5.61. The number of nitrogens with one attached hydrogen (secondary N) is 2. The molecule has 0 aliphatic rings. The van der Waals surface area contributed by atoms with Crippen molar-refractivity contribution in [2.24, 2.45) is 0 Å². The van der Waals surface area contributed by atoms with E-state index in [1.807, 2.05) is 48.0 Å². The van der Waals surface area contributed by atoms with Crippen LogP contribution in [0.5, 0.6) is 0 Å². The second-order valence-corrected chi connectivity index (χ2v) is 7.80. The van der Waals surface area contributed by atoms with Crippen LogP contribution in [0.1, 0.15) is 24.3 Å². The molecule has 0 saturated heterocycles. The summed E-state index contributed by atoms with van der Waals surface area (Å²) in [5.74, 6) is -0.676. The molecule has 27 heavy (non-hydrogen) atoms. The highest BCUT2D eigenvalue weighted by Crippen LogP contribution is 2.25. The molecule has 2 rings (SSSR count). The van der Waals surface area contributed by atoms with Crippen LogP contribution >= 0.6 is 23.1 Å². The van der Waals surface area contributed by atoms with Crippen molar-refractivity contribution in [2.75, 3.05) is 25.2 Å². The van der Waals surface area contributed by atoms with Crippen LogP contribution in [0.3, 0.4) is 0 Å². The van der Waals surface area contributed by atoms with Crippen LogP contribution in [0.15, 0.2) is 46.7 Å². The van der Waals surface area contributed by atoms with E-state index >= 15 is 0 Å². The van der Waals surface area contributed by atoms with E-state index in [0.29, 0.717) is 0 Å². The maximum Gasteiger partial charge on any atom is 0.244 e. The Balaban J connectivity index is 1.95. The van der Waals surface area contributed by atoms with Crippen LogP contribution in [0.25, 0.3) is 0 Å². The average molecular weight is 406 g/mol. The van der Waals surface area contributed by atoms with Crippen molar-refractivity contribution in [1.29, 1.82) is 0 Å². The Morgan fingerprint density at radius 2 is 1.93 bits per heavy atom. The summed E-state index contributed by atoms with van der Waals surface area (Å²) in [5.41, 5.74) is 0.727. The van der Waals surface area contributed by atoms with Crippen LogP contribution in [0.2, 0.25) is 0 Å². The van der Waals surface area contributed by atoms with E-state index < -0.39 is 6.04 Å². The topological polar surface area (TPSA) is 78.5 Å². The van der Waals surface area contributed by atoms with Gasteiger partial charge in [0.2, 0.25) is 17.7 Å². The molecular weight excluding hydrogens is 382 g/mol. The molecule has 0 radical (unpaired) electrons. The normalized spacial score (nSPS) is 11.5. The van der Waals surface area contributed by atoms with Gasteiger partial charge < -0.3 is 15.5 Å². The van der Waals surface area contributed by atoms with Gasteiger partial charge in [0, 0.05) is 23.7 Å². The van der Waals surface area contributed by atoms with Gasteiger partial charge in [0.05, 0.1) is 24.7 Å². The number of carbonyl (C=O) groups is 3. The van der Waals surface area contributed by atoms with Crippen molar-refractivity contribution in [2.45, 2.75) is 24.3 Å². The smallest absolute Gasteiger partial charge is 0.244 e. The van der Waals surface area contributed by atoms with E-state index in [0.717, 1.165) is 15.5 Å². The predicted molar refractivity (Wildman–Crippen MR) is 110 cm³/mol. The van der Waals surface area contributed by atoms with E-state index in [2.05, 4.69) is 10.6 Å². The molecule has 0 bridgehead atoms. The zero-order valence-electron chi connectivity index (χ0n) is 15.5. The first-order valence-electron chi connectivity index (χ1n) is 8.38. The first-order valence-corrected chi connectivity index (χ1v) is 10.5. The van der Waals surface area contributed by atoms with Gasteiger partial charge >= 0.3 is 0 Å². The van der Waals surface area contributed by atoms with Crippen molar-refractivity contribution >= 4 is 46.5 Å². The monoisotopic (exact) mass is 405 g/mol. The number of thiophene rings is 1. The summed E-state index contributed by atoms with van der Waals surface area (Å²) < 4.78 is 0. The second-order valence-electron chi connectivity index (χ2n) is 5.97. The third-order valence-electron chi connectivity index (χ3n) is 3.83. The summed E-state index contributed by atoms with van der Waals surface area (Å²) in [6.07, 6.45) is 2.04. The summed E-state index contributed by atoms with van der Waals surface area (Å²) in [6.45, 7) is 1.37. The van der Waals surface area contributed by atoms with E-state index in [1.165, 1.54) is 23.2 Å². The zero-order valence-corrected chi connectivity index (χ0v) is 17.2. The molecule has 1 aromatic heterocycles. The highest BCUT2D eigenvalue weighted by atomic mass is 32.2. The summed E-state index contributed by atoms with van der Waals surface area (Å²) >= 11 is 3.02. The highest BCUT2D eigenvalue weighted by molar-refractivity contribution is 7.98. The fourth-order valence-electron chi connectivity index (χ4n) is 2.53. The van der Waals surface area contributed by atoms with Gasteiger partial charge in [-0.15, -0.1) is 23.1 Å². The Morgan fingerprint density at radius 1 is 1.19 bits per heavy atom. The first kappa shape index (κ1) is 21.0. The van der Waals surface area contributed by atoms with Crippen molar-refractivity contribution in [1.82, 2.24) is 10.2 Å². The molecular formula is C19H23N3O3S2. The predicted octanol–water partition coefficient (Wildman–Crippen LogP) is 3.13. The molecule has 1 atom stereocenters. The lowest BCUT2D eigenvalue weighted by Gasteiger charge is -2.21. The van der Waals surface area contributed by atoms with Crippen LogP contribution in [-0.4, -0.2) is 42.5 Å². The largest absolute Gasteiger partial charge is 0.348 e. The van der Waals surface area contributed by atoms with Gasteiger partial charge in [-0.1, -0.05) is 18.2 Å². The van der Waals surface area contributed by atoms with Crippen molar-refractivity contribution in [3.05, 3.63) is 46.7 Å². The molecule has 2 aromatic rings. The minimum Gasteiger partial charge on any atom is -0.348 e. The standard InChI is InChI=1S/C19H23N3O3S2/c1-13(23)20-15(17-9-6-10-27-17)11-19(25)22(2)12-18(24)21-14-7-4-5-8-16(14)26-3/h4-10,15H,11-12H2,1-3H3,(H,20,23)(H,21,24)/t15-/m1/s1. The van der Waals surface area contributed by atoms with Gasteiger partial charge in [-0.25, -0.2) is 0 Å². The summed E-state index contributed by atoms with van der Waals surface area (Å²) in [4.78, 5) is 39.5. The Morgan fingerprint density at radius 3 is 2.56 bits per heavy atom. The van der Waals surface area contributed by atoms with E-state index in [-0.39, 0.29) is 30.7 Å². The minimum atomic E-state index is -0.391. The molecule has 1 heterocycles. The number of para-hydroxylation sites is 1. The SMILES string of the molecule is CSc1ccccc1NC(=O)CN(C)C(=O)C[C@@H](NC(C)=O)c1cccs1. The van der Waals surface area contributed by atoms with Gasteiger partial charge in [-0.2, -0.15) is 0 Å². The van der Waals surface area contributed by atoms with Crippen LogP contribution < -0.4 is 10.6 Å². The highest BCUT2D eigenvalue weighted by Gasteiger charge is 2.21. The van der Waals surface area contributed by atoms with Crippen LogP contribution in [-0.2, 0) is 14.4 Å². The number of anilines is 1. The molecule has 0 aliphatic carbocycles. The molecule has 1 aromatic carbocycles. The number of thioether (sulfide) groups is 1. The molecule has 0 spiro atoms. The quantitative estimate of drug-likeness (QED) is 0.662. The van der Waals surface area contributed by atoms with E-state index in [1.54, 1.807) is 18.8 Å². The number of likely N-dealkylation sites (N-methyl/N-ethyl adjacent to an activating group) is 1. The lowest BCUT2D eigenvalue weighted by Crippen LogP contribution is -2.37. The molecule has 8 heteroatoms. The molecule has 6 nitrogen and oxygen atoms in total. The number of amides is 3. The molecule has 0 saturated carbocycles. The molecule has 0 aliphatic heterocycles. The molecule has 2 N–H and O–H groups in total. The number of hydrogen-bond acceptors (Lipinski definition) is 5. The molecule has 3 amide bonds. The Kier molecular flexibility index (Phi) is 7.87. The number of carbonyl (C=O) groups excluding carboxylic acids is 3. The van der Waals surface area contributed by atoms with Crippen molar-refractivity contribution in [3.8, 4) is 0 Å². The lowest BCUT2D eigenvalue weighted by atomic mass is 10.1. The van der Waals surface area contributed by atoms with Gasteiger partial charge in [0.25, 0.3) is 0 Å². The number of rotatable bonds is 8. The number of benzene rings is 1. The average Bonchev–Trinajstić information content (AvgIpc) is 3.15. The lowest BCUT2D eigenvalue weighted by molar-refractivity contribution is -0.134. The van der Waals surface area contributed by atoms with Gasteiger partial charge in [0.1, 0.15) is 0 Å². The molecule has 0 fully saturated rings. The maximum absolute atomic E-state index is 12.5. The van der Waals surface area contributed by atoms with Gasteiger partial charge in [-0.05, 0) is 29.8 Å². The Bertz CT molecular complexity index is 793.